The van der Waals surface area contributed by atoms with Crippen LogP contribution in [0.25, 0.3) is 11.0 Å². The highest BCUT2D eigenvalue weighted by Gasteiger charge is 2.15. The Kier molecular flexibility index (Phi) is 4.61. The molecule has 26 heavy (non-hydrogen) atoms. The van der Waals surface area contributed by atoms with Crippen LogP contribution in [0.4, 0.5) is 5.69 Å². The lowest BCUT2D eigenvalue weighted by molar-refractivity contribution is 0.0600. The number of hydrogen-bond acceptors (Lipinski definition) is 4. The Morgan fingerprint density at radius 3 is 2.58 bits per heavy atom. The van der Waals surface area contributed by atoms with E-state index in [-0.39, 0.29) is 5.97 Å². The maximum absolute atomic E-state index is 11.6. The number of ether oxygens (including phenoxy) is 1. The van der Waals surface area contributed by atoms with Crippen LogP contribution in [0.1, 0.15) is 35.2 Å². The van der Waals surface area contributed by atoms with Gasteiger partial charge in [-0.15, -0.1) is 0 Å². The van der Waals surface area contributed by atoms with Gasteiger partial charge in [0.15, 0.2) is 0 Å². The van der Waals surface area contributed by atoms with Crippen LogP contribution in [0.15, 0.2) is 48.8 Å². The van der Waals surface area contributed by atoms with E-state index in [1.54, 1.807) is 12.1 Å². The van der Waals surface area contributed by atoms with Crippen molar-refractivity contribution in [3.8, 4) is 0 Å². The molecule has 1 fully saturated rings. The molecule has 0 aliphatic carbocycles. The maximum atomic E-state index is 11.6. The Labute approximate surface area is 153 Å². The summed E-state index contributed by atoms with van der Waals surface area (Å²) in [6.45, 7) is 2.97. The van der Waals surface area contributed by atoms with Crippen molar-refractivity contribution in [2.24, 2.45) is 0 Å². The minimum atomic E-state index is -0.309. The van der Waals surface area contributed by atoms with Crippen LogP contribution in [-0.2, 0) is 11.3 Å². The molecule has 3 heterocycles. The Morgan fingerprint density at radius 1 is 1.08 bits per heavy atom. The Hall–Kier alpha value is -2.82. The second-order valence-electron chi connectivity index (χ2n) is 6.75. The molecule has 0 atom stereocenters. The molecule has 0 amide bonds. The topological polar surface area (TPSA) is 47.4 Å². The van der Waals surface area contributed by atoms with E-state index in [1.165, 1.54) is 37.4 Å². The fourth-order valence-corrected chi connectivity index (χ4v) is 3.68. The Balaban J connectivity index is 1.60. The van der Waals surface area contributed by atoms with Crippen LogP contribution in [0, 0.1) is 0 Å². The van der Waals surface area contributed by atoms with Gasteiger partial charge in [0, 0.05) is 43.1 Å². The largest absolute Gasteiger partial charge is 0.465 e. The first-order valence-electron chi connectivity index (χ1n) is 9.12. The molecule has 0 N–H and O–H groups in total. The molecule has 2 aromatic heterocycles. The number of rotatable bonds is 4. The van der Waals surface area contributed by atoms with Gasteiger partial charge in [0.2, 0.25) is 0 Å². The molecule has 0 bridgehead atoms. The van der Waals surface area contributed by atoms with Crippen molar-refractivity contribution in [1.29, 1.82) is 0 Å². The quantitative estimate of drug-likeness (QED) is 0.671. The van der Waals surface area contributed by atoms with Crippen LogP contribution in [0.2, 0.25) is 0 Å². The highest BCUT2D eigenvalue weighted by atomic mass is 16.5. The smallest absolute Gasteiger partial charge is 0.337 e. The Bertz CT molecular complexity index is 909. The molecule has 1 saturated heterocycles. The predicted octanol–water partition coefficient (Wildman–Crippen LogP) is 3.86. The molecule has 1 aliphatic heterocycles. The molecular weight excluding hydrogens is 326 g/mol. The third-order valence-corrected chi connectivity index (χ3v) is 5.06. The van der Waals surface area contributed by atoms with Gasteiger partial charge in [-0.2, -0.15) is 0 Å². The number of carbonyl (C=O) groups excluding carboxylic acids is 1. The number of pyridine rings is 1. The van der Waals surface area contributed by atoms with E-state index < -0.39 is 0 Å². The van der Waals surface area contributed by atoms with Gasteiger partial charge in [-0.1, -0.05) is 12.1 Å². The number of nitrogens with zero attached hydrogens (tertiary/aromatic N) is 3. The van der Waals surface area contributed by atoms with Gasteiger partial charge in [0.1, 0.15) is 5.65 Å². The van der Waals surface area contributed by atoms with Gasteiger partial charge in [0.05, 0.1) is 12.7 Å². The summed E-state index contributed by atoms with van der Waals surface area (Å²) in [6.07, 6.45) is 7.85. The first kappa shape index (κ1) is 16.6. The van der Waals surface area contributed by atoms with E-state index in [0.717, 1.165) is 30.8 Å². The highest BCUT2D eigenvalue weighted by Crippen LogP contribution is 2.28. The van der Waals surface area contributed by atoms with Gasteiger partial charge in [0.25, 0.3) is 0 Å². The van der Waals surface area contributed by atoms with Crippen molar-refractivity contribution in [3.05, 3.63) is 59.9 Å². The van der Waals surface area contributed by atoms with E-state index in [1.807, 2.05) is 18.3 Å². The third kappa shape index (κ3) is 3.17. The number of hydrogen-bond donors (Lipinski definition) is 0. The molecule has 5 heteroatoms. The summed E-state index contributed by atoms with van der Waals surface area (Å²) >= 11 is 0. The molecule has 1 aliphatic rings. The fourth-order valence-electron chi connectivity index (χ4n) is 3.68. The molecule has 134 valence electrons. The maximum Gasteiger partial charge on any atom is 0.337 e. The highest BCUT2D eigenvalue weighted by molar-refractivity contribution is 5.90. The third-order valence-electron chi connectivity index (χ3n) is 5.06. The number of benzene rings is 1. The number of aromatic nitrogens is 2. The zero-order chi connectivity index (χ0) is 17.9. The molecule has 0 radical (unpaired) electrons. The van der Waals surface area contributed by atoms with Gasteiger partial charge in [-0.3, -0.25) is 0 Å². The molecule has 0 saturated carbocycles. The summed E-state index contributed by atoms with van der Waals surface area (Å²) in [5.74, 6) is -0.309. The van der Waals surface area contributed by atoms with E-state index in [0.29, 0.717) is 5.56 Å². The number of methoxy groups -OCH3 is 1. The molecule has 1 aromatic carbocycles. The van der Waals surface area contributed by atoms with Crippen molar-refractivity contribution in [2.75, 3.05) is 25.1 Å². The van der Waals surface area contributed by atoms with E-state index >= 15 is 0 Å². The number of piperidine rings is 1. The predicted molar refractivity (Wildman–Crippen MR) is 103 cm³/mol. The molecule has 4 rings (SSSR count). The Morgan fingerprint density at radius 2 is 1.85 bits per heavy atom. The molecule has 3 aromatic rings. The van der Waals surface area contributed by atoms with E-state index in [4.69, 9.17) is 4.74 Å². The average Bonchev–Trinajstić information content (AvgIpc) is 3.11. The van der Waals surface area contributed by atoms with Crippen molar-refractivity contribution >= 4 is 22.7 Å². The second kappa shape index (κ2) is 7.20. The van der Waals surface area contributed by atoms with Gasteiger partial charge in [-0.25, -0.2) is 9.78 Å². The van der Waals surface area contributed by atoms with Crippen LogP contribution in [-0.4, -0.2) is 35.7 Å². The summed E-state index contributed by atoms with van der Waals surface area (Å²) in [5.41, 5.74) is 3.99. The minimum absolute atomic E-state index is 0.309. The standard InChI is InChI=1S/C21H23N3O2/c1-26-21(25)17-7-5-16(6-8-17)15-24-14-10-18-19(9-11-22-20(18)24)23-12-3-2-4-13-23/h5-11,14H,2-4,12-13,15H2,1H3. The van der Waals surface area contributed by atoms with Crippen LogP contribution >= 0.6 is 0 Å². The first-order chi connectivity index (χ1) is 12.8. The van der Waals surface area contributed by atoms with Crippen molar-refractivity contribution in [2.45, 2.75) is 25.8 Å². The summed E-state index contributed by atoms with van der Waals surface area (Å²) < 4.78 is 6.91. The lowest BCUT2D eigenvalue weighted by Gasteiger charge is -2.29. The number of fused-ring (bicyclic) bond motifs is 1. The molecule has 0 spiro atoms. The second-order valence-corrected chi connectivity index (χ2v) is 6.75. The van der Waals surface area contributed by atoms with E-state index in [9.17, 15) is 4.79 Å². The zero-order valence-corrected chi connectivity index (χ0v) is 15.0. The summed E-state index contributed by atoms with van der Waals surface area (Å²) in [6, 6.07) is 11.8. The van der Waals surface area contributed by atoms with Gasteiger partial charge < -0.3 is 14.2 Å². The van der Waals surface area contributed by atoms with Crippen molar-refractivity contribution in [3.63, 3.8) is 0 Å². The number of carbonyl (C=O) groups is 1. The molecule has 0 unspecified atom stereocenters. The van der Waals surface area contributed by atoms with Crippen molar-refractivity contribution in [1.82, 2.24) is 9.55 Å². The van der Waals surface area contributed by atoms with E-state index in [2.05, 4.69) is 32.8 Å². The first-order valence-corrected chi connectivity index (χ1v) is 9.12. The fraction of sp³-hybridized carbons (Fsp3) is 0.333. The van der Waals surface area contributed by atoms with Gasteiger partial charge in [-0.05, 0) is 49.1 Å². The minimum Gasteiger partial charge on any atom is -0.465 e. The number of anilines is 1. The monoisotopic (exact) mass is 349 g/mol. The average molecular weight is 349 g/mol. The van der Waals surface area contributed by atoms with Crippen LogP contribution in [0.3, 0.4) is 0 Å². The zero-order valence-electron chi connectivity index (χ0n) is 15.0. The van der Waals surface area contributed by atoms with Crippen molar-refractivity contribution < 1.29 is 9.53 Å². The van der Waals surface area contributed by atoms with Crippen LogP contribution < -0.4 is 4.90 Å². The summed E-state index contributed by atoms with van der Waals surface area (Å²) in [4.78, 5) is 18.7. The summed E-state index contributed by atoms with van der Waals surface area (Å²) in [5, 5.41) is 1.21. The lowest BCUT2D eigenvalue weighted by Crippen LogP contribution is -2.29. The number of esters is 1. The lowest BCUT2D eigenvalue weighted by atomic mass is 10.1. The SMILES string of the molecule is COC(=O)c1ccc(Cn2ccc3c(N4CCCCC4)ccnc32)cc1. The van der Waals surface area contributed by atoms with Crippen LogP contribution in [0.5, 0.6) is 0 Å². The van der Waals surface area contributed by atoms with Gasteiger partial charge >= 0.3 is 5.97 Å². The summed E-state index contributed by atoms with van der Waals surface area (Å²) in [7, 11) is 1.40. The normalized spacial score (nSPS) is 14.6. The molecular formula is C21H23N3O2. The molecule has 5 nitrogen and oxygen atoms in total.